The molecule has 11 heteroatoms. The number of anilines is 1. The molecule has 0 saturated carbocycles. The van der Waals surface area contributed by atoms with Gasteiger partial charge in [0.2, 0.25) is 0 Å². The van der Waals surface area contributed by atoms with Gasteiger partial charge >= 0.3 is 10.1 Å². The number of halogens is 2. The second-order valence-corrected chi connectivity index (χ2v) is 10.9. The molecule has 1 saturated heterocycles. The molecule has 34 heavy (non-hydrogen) atoms. The lowest BCUT2D eigenvalue weighted by atomic mass is 10.2. The van der Waals surface area contributed by atoms with E-state index >= 15 is 0 Å². The number of carbonyl (C=O) groups is 1. The van der Waals surface area contributed by atoms with Gasteiger partial charge in [0.25, 0.3) is 5.91 Å². The highest BCUT2D eigenvalue weighted by Crippen LogP contribution is 2.39. The highest BCUT2D eigenvalue weighted by Gasteiger charge is 2.33. The molecule has 0 unspecified atom stereocenters. The second-order valence-electron chi connectivity index (χ2n) is 6.88. The van der Waals surface area contributed by atoms with Crippen molar-refractivity contribution in [3.8, 4) is 11.5 Å². The van der Waals surface area contributed by atoms with Crippen molar-refractivity contribution < 1.29 is 22.1 Å². The van der Waals surface area contributed by atoms with Crippen molar-refractivity contribution in [3.63, 3.8) is 0 Å². The van der Waals surface area contributed by atoms with Gasteiger partial charge in [-0.2, -0.15) is 8.42 Å². The van der Waals surface area contributed by atoms with Gasteiger partial charge in [-0.25, -0.2) is 0 Å². The molecule has 1 aliphatic heterocycles. The number of ether oxygens (including phenoxy) is 1. The molecule has 1 amide bonds. The lowest BCUT2D eigenvalue weighted by Crippen LogP contribution is -2.27. The van der Waals surface area contributed by atoms with Crippen LogP contribution in [0.25, 0.3) is 6.08 Å². The third-order valence-electron chi connectivity index (χ3n) is 4.67. The Balaban J connectivity index is 1.60. The third kappa shape index (κ3) is 5.08. The van der Waals surface area contributed by atoms with Crippen LogP contribution < -0.4 is 13.8 Å². The Labute approximate surface area is 216 Å². The van der Waals surface area contributed by atoms with Crippen molar-refractivity contribution in [2.75, 3.05) is 12.0 Å². The van der Waals surface area contributed by atoms with Gasteiger partial charge in [0, 0.05) is 0 Å². The average molecular weight is 552 g/mol. The fourth-order valence-corrected chi connectivity index (χ4v) is 5.61. The molecule has 3 aromatic rings. The number of methoxy groups -OCH3 is 1. The van der Waals surface area contributed by atoms with E-state index in [1.807, 2.05) is 0 Å². The number of carbonyl (C=O) groups excluding carboxylic acids is 1. The summed E-state index contributed by atoms with van der Waals surface area (Å²) in [4.78, 5) is 14.8. The first-order valence-corrected chi connectivity index (χ1v) is 13.0. The Morgan fingerprint density at radius 1 is 0.971 bits per heavy atom. The molecule has 0 radical (unpaired) electrons. The quantitative estimate of drug-likeness (QED) is 0.206. The largest absolute Gasteiger partial charge is 0.493 e. The molecule has 0 N–H and O–H groups in total. The molecule has 0 bridgehead atoms. The average Bonchev–Trinajstić information content (AvgIpc) is 3.09. The van der Waals surface area contributed by atoms with Gasteiger partial charge in [-0.05, 0) is 54.1 Å². The number of amides is 1. The number of benzene rings is 3. The van der Waals surface area contributed by atoms with Gasteiger partial charge in [-0.15, -0.1) is 0 Å². The monoisotopic (exact) mass is 551 g/mol. The zero-order valence-corrected chi connectivity index (χ0v) is 21.4. The molecule has 3 aromatic carbocycles. The number of nitrogens with zero attached hydrogens (tertiary/aromatic N) is 1. The minimum atomic E-state index is -4.04. The number of hydrogen-bond donors (Lipinski definition) is 0. The molecule has 1 aliphatic rings. The summed E-state index contributed by atoms with van der Waals surface area (Å²) >= 11 is 18.6. The Kier molecular flexibility index (Phi) is 7.20. The lowest BCUT2D eigenvalue weighted by molar-refractivity contribution is -0.113. The lowest BCUT2D eigenvalue weighted by Gasteiger charge is -2.15. The van der Waals surface area contributed by atoms with Crippen molar-refractivity contribution in [1.29, 1.82) is 0 Å². The van der Waals surface area contributed by atoms with E-state index in [2.05, 4.69) is 0 Å². The van der Waals surface area contributed by atoms with Crippen molar-refractivity contribution in [2.45, 2.75) is 4.90 Å². The number of rotatable bonds is 6. The van der Waals surface area contributed by atoms with Crippen molar-refractivity contribution in [1.82, 2.24) is 0 Å². The normalized spacial score (nSPS) is 15.1. The molecule has 0 aromatic heterocycles. The molecule has 6 nitrogen and oxygen atoms in total. The van der Waals surface area contributed by atoms with Crippen LogP contribution in [0.15, 0.2) is 76.5 Å². The van der Waals surface area contributed by atoms with Crippen molar-refractivity contribution in [3.05, 3.63) is 87.2 Å². The smallest absolute Gasteiger partial charge is 0.339 e. The van der Waals surface area contributed by atoms with E-state index in [1.165, 1.54) is 30.2 Å². The topological polar surface area (TPSA) is 72.9 Å². The molecule has 0 aliphatic carbocycles. The Morgan fingerprint density at radius 3 is 2.38 bits per heavy atom. The number of thioether (sulfide) groups is 1. The van der Waals surface area contributed by atoms with E-state index in [1.54, 1.807) is 54.6 Å². The SMILES string of the molecule is COc1cc(/C=C2/SC(=S)N(c3ccc(Cl)c(Cl)c3)C2=O)ccc1OS(=O)(=O)c1ccccc1. The highest BCUT2D eigenvalue weighted by molar-refractivity contribution is 8.27. The van der Waals surface area contributed by atoms with Crippen LogP contribution in [0, 0.1) is 0 Å². The maximum Gasteiger partial charge on any atom is 0.339 e. The predicted octanol–water partition coefficient (Wildman–Crippen LogP) is 6.18. The van der Waals surface area contributed by atoms with Gasteiger partial charge in [0.15, 0.2) is 15.8 Å². The number of hydrogen-bond acceptors (Lipinski definition) is 7. The van der Waals surface area contributed by atoms with E-state index in [9.17, 15) is 13.2 Å². The molecule has 0 spiro atoms. The second kappa shape index (κ2) is 9.97. The van der Waals surface area contributed by atoms with E-state index in [-0.39, 0.29) is 22.3 Å². The molecule has 0 atom stereocenters. The first-order valence-electron chi connectivity index (χ1n) is 9.60. The van der Waals surface area contributed by atoms with E-state index in [0.717, 1.165) is 11.8 Å². The molecule has 1 heterocycles. The Hall–Kier alpha value is -2.56. The maximum atomic E-state index is 13.0. The predicted molar refractivity (Wildman–Crippen MR) is 139 cm³/mol. The highest BCUT2D eigenvalue weighted by atomic mass is 35.5. The van der Waals surface area contributed by atoms with Crippen LogP contribution >= 0.6 is 47.2 Å². The summed E-state index contributed by atoms with van der Waals surface area (Å²) < 4.78 is 36.0. The van der Waals surface area contributed by atoms with Gasteiger partial charge in [0.05, 0.1) is 27.7 Å². The standard InChI is InChI=1S/C23H15Cl2NO5S3/c1-30-20-11-14(7-10-19(20)31-34(28,29)16-5-3-2-4-6-16)12-21-22(27)26(23(32)33-21)15-8-9-17(24)18(25)13-15/h2-13H,1H3/b21-12+. The summed E-state index contributed by atoms with van der Waals surface area (Å²) in [5.74, 6) is -0.112. The third-order valence-corrected chi connectivity index (χ3v) is 7.96. The minimum absolute atomic E-state index is 0.0202. The van der Waals surface area contributed by atoms with E-state index < -0.39 is 10.1 Å². The Morgan fingerprint density at radius 2 is 1.71 bits per heavy atom. The minimum Gasteiger partial charge on any atom is -0.493 e. The van der Waals surface area contributed by atoms with Crippen LogP contribution in [0.3, 0.4) is 0 Å². The summed E-state index contributed by atoms with van der Waals surface area (Å²) in [5, 5.41) is 0.679. The van der Waals surface area contributed by atoms with Crippen molar-refractivity contribution in [2.24, 2.45) is 0 Å². The van der Waals surface area contributed by atoms with Crippen LogP contribution in [-0.4, -0.2) is 25.8 Å². The first kappa shape index (κ1) is 24.6. The zero-order chi connectivity index (χ0) is 24.5. The van der Waals surface area contributed by atoms with Gasteiger partial charge < -0.3 is 8.92 Å². The zero-order valence-electron chi connectivity index (χ0n) is 17.4. The Bertz CT molecular complexity index is 1430. The summed E-state index contributed by atoms with van der Waals surface area (Å²) in [6, 6.07) is 17.3. The van der Waals surface area contributed by atoms with Crippen LogP contribution in [-0.2, 0) is 14.9 Å². The van der Waals surface area contributed by atoms with Gasteiger partial charge in [0.1, 0.15) is 4.90 Å². The summed E-state index contributed by atoms with van der Waals surface area (Å²) in [7, 11) is -2.65. The van der Waals surface area contributed by atoms with Crippen LogP contribution in [0.2, 0.25) is 10.0 Å². The molecule has 1 fully saturated rings. The fraction of sp³-hybridized carbons (Fsp3) is 0.0435. The van der Waals surface area contributed by atoms with E-state index in [0.29, 0.717) is 30.5 Å². The maximum absolute atomic E-state index is 13.0. The number of thiocarbonyl (C=S) groups is 1. The van der Waals surface area contributed by atoms with Crippen molar-refractivity contribution >= 4 is 79.3 Å². The molecule has 4 rings (SSSR count). The van der Waals surface area contributed by atoms with Crippen LogP contribution in [0.1, 0.15) is 5.56 Å². The summed E-state index contributed by atoms with van der Waals surface area (Å²) in [6.45, 7) is 0. The first-order chi connectivity index (χ1) is 16.2. The summed E-state index contributed by atoms with van der Waals surface area (Å²) in [6.07, 6.45) is 1.63. The van der Waals surface area contributed by atoms with Gasteiger partial charge in [-0.1, -0.05) is 71.4 Å². The molecular weight excluding hydrogens is 537 g/mol. The van der Waals surface area contributed by atoms with Gasteiger partial charge in [-0.3, -0.25) is 9.69 Å². The fourth-order valence-electron chi connectivity index (χ4n) is 3.06. The van der Waals surface area contributed by atoms with E-state index in [4.69, 9.17) is 44.3 Å². The summed E-state index contributed by atoms with van der Waals surface area (Å²) in [5.41, 5.74) is 1.10. The van der Waals surface area contributed by atoms with Crippen LogP contribution in [0.4, 0.5) is 5.69 Å². The van der Waals surface area contributed by atoms with Crippen LogP contribution in [0.5, 0.6) is 11.5 Å². The molecule has 174 valence electrons. The molecular formula is C23H15Cl2NO5S3.